The summed E-state index contributed by atoms with van der Waals surface area (Å²) in [6.45, 7) is 0. The summed E-state index contributed by atoms with van der Waals surface area (Å²) in [6, 6.07) is 5.91. The van der Waals surface area contributed by atoms with Gasteiger partial charge in [0.05, 0.1) is 14.7 Å². The summed E-state index contributed by atoms with van der Waals surface area (Å²) >= 11 is 8.62. The lowest BCUT2D eigenvalue weighted by Gasteiger charge is -2.00. The Morgan fingerprint density at radius 1 is 1.33 bits per heavy atom. The maximum atomic E-state index is 5.01. The van der Waals surface area contributed by atoms with E-state index in [4.69, 9.17) is 4.74 Å². The highest BCUT2D eigenvalue weighted by Gasteiger charge is 2.07. The third kappa shape index (κ3) is 2.41. The quantitative estimate of drug-likeness (QED) is 0.805. The van der Waals surface area contributed by atoms with Crippen molar-refractivity contribution in [2.75, 3.05) is 7.11 Å². The topological polar surface area (TPSA) is 22.1 Å². The summed E-state index contributed by atoms with van der Waals surface area (Å²) < 4.78 is 7.21. The van der Waals surface area contributed by atoms with Gasteiger partial charge >= 0.3 is 0 Å². The molecule has 2 aromatic rings. The minimum atomic E-state index is 0.629. The molecule has 0 fully saturated rings. The molecule has 0 aliphatic heterocycles. The first-order chi connectivity index (χ1) is 7.20. The molecule has 2 rings (SSSR count). The molecular formula is C10H7Br2NOS. The second-order valence-electron chi connectivity index (χ2n) is 2.83. The van der Waals surface area contributed by atoms with Crippen LogP contribution >= 0.6 is 43.2 Å². The minimum Gasteiger partial charge on any atom is -0.481 e. The molecule has 0 unspecified atom stereocenters. The van der Waals surface area contributed by atoms with E-state index in [9.17, 15) is 0 Å². The number of hydrogen-bond acceptors (Lipinski definition) is 3. The first kappa shape index (κ1) is 11.1. The number of hydrogen-bond donors (Lipinski definition) is 0. The molecule has 2 aromatic heterocycles. The molecule has 5 heteroatoms. The Hall–Kier alpha value is -0.390. The van der Waals surface area contributed by atoms with Crippen molar-refractivity contribution in [3.05, 3.63) is 32.0 Å². The van der Waals surface area contributed by atoms with E-state index in [-0.39, 0.29) is 0 Å². The predicted molar refractivity (Wildman–Crippen MR) is 69.5 cm³/mol. The maximum Gasteiger partial charge on any atom is 0.212 e. The van der Waals surface area contributed by atoms with Crippen LogP contribution in [0.25, 0.3) is 11.1 Å². The Morgan fingerprint density at radius 3 is 2.60 bits per heavy atom. The third-order valence-electron chi connectivity index (χ3n) is 1.91. The Labute approximate surface area is 109 Å². The van der Waals surface area contributed by atoms with Gasteiger partial charge in [-0.15, -0.1) is 11.3 Å². The number of ether oxygens (including phenoxy) is 1. The number of nitrogens with zero attached hydrogens (tertiary/aromatic N) is 1. The van der Waals surface area contributed by atoms with Crippen molar-refractivity contribution in [2.24, 2.45) is 0 Å². The van der Waals surface area contributed by atoms with Crippen LogP contribution in [0, 0.1) is 0 Å². The summed E-state index contributed by atoms with van der Waals surface area (Å²) in [5, 5.41) is 0. The van der Waals surface area contributed by atoms with Crippen LogP contribution in [0.2, 0.25) is 0 Å². The average molecular weight is 349 g/mol. The van der Waals surface area contributed by atoms with Crippen molar-refractivity contribution in [1.82, 2.24) is 4.98 Å². The highest BCUT2D eigenvalue weighted by Crippen LogP contribution is 2.38. The van der Waals surface area contributed by atoms with Crippen molar-refractivity contribution in [3.63, 3.8) is 0 Å². The predicted octanol–water partition coefficient (Wildman–Crippen LogP) is 4.34. The summed E-state index contributed by atoms with van der Waals surface area (Å²) in [4.78, 5) is 4.17. The van der Waals surface area contributed by atoms with Crippen molar-refractivity contribution in [3.8, 4) is 17.0 Å². The molecule has 0 saturated heterocycles. The third-order valence-corrected chi connectivity index (χ3v) is 4.25. The summed E-state index contributed by atoms with van der Waals surface area (Å²) in [5.41, 5.74) is 2.21. The molecule has 0 radical (unpaired) electrons. The zero-order valence-corrected chi connectivity index (χ0v) is 11.8. The van der Waals surface area contributed by atoms with E-state index in [0.29, 0.717) is 5.88 Å². The fourth-order valence-corrected chi connectivity index (χ4v) is 4.06. The minimum absolute atomic E-state index is 0.629. The summed E-state index contributed by atoms with van der Waals surface area (Å²) in [6.07, 6.45) is 1.80. The van der Waals surface area contributed by atoms with Crippen LogP contribution in [0.3, 0.4) is 0 Å². The zero-order chi connectivity index (χ0) is 10.8. The van der Waals surface area contributed by atoms with Gasteiger partial charge < -0.3 is 4.74 Å². The number of rotatable bonds is 2. The van der Waals surface area contributed by atoms with Crippen LogP contribution < -0.4 is 4.74 Å². The monoisotopic (exact) mass is 347 g/mol. The van der Waals surface area contributed by atoms with E-state index >= 15 is 0 Å². The van der Waals surface area contributed by atoms with E-state index < -0.39 is 0 Å². The van der Waals surface area contributed by atoms with E-state index in [0.717, 1.165) is 18.7 Å². The molecular weight excluding hydrogens is 342 g/mol. The molecule has 0 amide bonds. The first-order valence-corrected chi connectivity index (χ1v) is 6.56. The lowest BCUT2D eigenvalue weighted by molar-refractivity contribution is 0.398. The van der Waals surface area contributed by atoms with Crippen LogP contribution in [0.4, 0.5) is 0 Å². The SMILES string of the molecule is COc1ccc(-c2cc(Br)sc2Br)cn1. The molecule has 0 saturated carbocycles. The largest absolute Gasteiger partial charge is 0.481 e. The maximum absolute atomic E-state index is 5.01. The number of pyridine rings is 1. The van der Waals surface area contributed by atoms with E-state index in [2.05, 4.69) is 42.9 Å². The average Bonchev–Trinajstić information content (AvgIpc) is 2.58. The highest BCUT2D eigenvalue weighted by molar-refractivity contribution is 9.12. The lowest BCUT2D eigenvalue weighted by Crippen LogP contribution is -1.86. The van der Waals surface area contributed by atoms with Gasteiger partial charge in [-0.1, -0.05) is 0 Å². The van der Waals surface area contributed by atoms with Crippen LogP contribution in [-0.4, -0.2) is 12.1 Å². The van der Waals surface area contributed by atoms with Gasteiger partial charge in [-0.2, -0.15) is 0 Å². The van der Waals surface area contributed by atoms with Gasteiger partial charge in [0.15, 0.2) is 0 Å². The molecule has 2 nitrogen and oxygen atoms in total. The van der Waals surface area contributed by atoms with E-state index in [1.54, 1.807) is 24.6 Å². The fraction of sp³-hybridized carbons (Fsp3) is 0.100. The van der Waals surface area contributed by atoms with Crippen LogP contribution in [0.1, 0.15) is 0 Å². The van der Waals surface area contributed by atoms with E-state index in [1.165, 1.54) is 0 Å². The highest BCUT2D eigenvalue weighted by atomic mass is 79.9. The van der Waals surface area contributed by atoms with Gasteiger partial charge in [-0.25, -0.2) is 4.98 Å². The van der Waals surface area contributed by atoms with Gasteiger partial charge in [-0.05, 0) is 44.0 Å². The van der Waals surface area contributed by atoms with Gasteiger partial charge in [0, 0.05) is 23.4 Å². The Morgan fingerprint density at radius 2 is 2.13 bits per heavy atom. The normalized spacial score (nSPS) is 10.3. The molecule has 78 valence electrons. The number of methoxy groups -OCH3 is 1. The summed E-state index contributed by atoms with van der Waals surface area (Å²) in [7, 11) is 1.61. The van der Waals surface area contributed by atoms with Gasteiger partial charge in [0.1, 0.15) is 0 Å². The van der Waals surface area contributed by atoms with Crippen LogP contribution in [0.15, 0.2) is 32.0 Å². The van der Waals surface area contributed by atoms with Crippen molar-refractivity contribution >= 4 is 43.2 Å². The smallest absolute Gasteiger partial charge is 0.212 e. The number of aromatic nitrogens is 1. The van der Waals surface area contributed by atoms with Crippen molar-refractivity contribution < 1.29 is 4.74 Å². The van der Waals surface area contributed by atoms with Gasteiger partial charge in [-0.3, -0.25) is 0 Å². The molecule has 15 heavy (non-hydrogen) atoms. The van der Waals surface area contributed by atoms with Gasteiger partial charge in [0.2, 0.25) is 5.88 Å². The molecule has 0 aromatic carbocycles. The molecule has 0 N–H and O–H groups in total. The Balaban J connectivity index is 2.41. The summed E-state index contributed by atoms with van der Waals surface area (Å²) in [5.74, 6) is 0.629. The lowest BCUT2D eigenvalue weighted by atomic mass is 10.2. The second kappa shape index (κ2) is 4.63. The zero-order valence-electron chi connectivity index (χ0n) is 7.83. The number of halogens is 2. The standard InChI is InChI=1S/C10H7Br2NOS/c1-14-9-3-2-6(5-13-9)7-4-8(11)15-10(7)12/h2-5H,1H3. The van der Waals surface area contributed by atoms with Crippen LogP contribution in [0.5, 0.6) is 5.88 Å². The molecule has 0 aliphatic rings. The van der Waals surface area contributed by atoms with E-state index in [1.807, 2.05) is 12.1 Å². The first-order valence-electron chi connectivity index (χ1n) is 4.16. The van der Waals surface area contributed by atoms with Gasteiger partial charge in [0.25, 0.3) is 0 Å². The molecule has 0 bridgehead atoms. The van der Waals surface area contributed by atoms with Crippen molar-refractivity contribution in [2.45, 2.75) is 0 Å². The molecule has 0 atom stereocenters. The number of thiophene rings is 1. The molecule has 2 heterocycles. The Bertz CT molecular complexity index is 467. The fourth-order valence-electron chi connectivity index (χ4n) is 1.20. The molecule has 0 spiro atoms. The molecule has 0 aliphatic carbocycles. The second-order valence-corrected chi connectivity index (χ2v) is 6.58. The Kier molecular flexibility index (Phi) is 3.43. The van der Waals surface area contributed by atoms with Crippen molar-refractivity contribution in [1.29, 1.82) is 0 Å². The van der Waals surface area contributed by atoms with Crippen LogP contribution in [-0.2, 0) is 0 Å².